The van der Waals surface area contributed by atoms with E-state index in [9.17, 15) is 14.7 Å². The number of hydrogen-bond acceptors (Lipinski definition) is 4. The van der Waals surface area contributed by atoms with Crippen molar-refractivity contribution in [3.8, 4) is 0 Å². The van der Waals surface area contributed by atoms with Crippen LogP contribution >= 0.6 is 0 Å². The number of benzene rings is 1. The third-order valence-electron chi connectivity index (χ3n) is 3.11. The summed E-state index contributed by atoms with van der Waals surface area (Å²) in [6.45, 7) is 4.04. The molecule has 1 unspecified atom stereocenters. The molecular weight excluding hydrogens is 272 g/mol. The maximum absolute atomic E-state index is 11.3. The van der Waals surface area contributed by atoms with E-state index >= 15 is 0 Å². The van der Waals surface area contributed by atoms with Crippen molar-refractivity contribution in [2.45, 2.75) is 26.4 Å². The van der Waals surface area contributed by atoms with Crippen LogP contribution in [0.15, 0.2) is 18.2 Å². The van der Waals surface area contributed by atoms with Gasteiger partial charge < -0.3 is 20.8 Å². The Labute approximate surface area is 124 Å². The Hall–Kier alpha value is -1.92. The average Bonchev–Trinajstić information content (AvgIpc) is 2.43. The van der Waals surface area contributed by atoms with Gasteiger partial charge in [0.1, 0.15) is 6.54 Å². The molecule has 0 bridgehead atoms. The Morgan fingerprint density at radius 3 is 2.62 bits per heavy atom. The summed E-state index contributed by atoms with van der Waals surface area (Å²) in [6, 6.07) is 5.93. The van der Waals surface area contributed by atoms with E-state index in [4.69, 9.17) is 5.11 Å². The summed E-state index contributed by atoms with van der Waals surface area (Å²) in [7, 11) is 0. The molecule has 4 N–H and O–H groups in total. The minimum absolute atomic E-state index is 0.0345. The number of carboxylic acid groups (broad SMARTS) is 1. The standard InChI is InChI=1S/C15H22N2O4/c1-10-3-4-11(2)12(7-10)13(18)5-6-16-8-14(19)17-9-15(20)21/h3-4,7,13,16,18H,5-6,8-9H2,1-2H3,(H,17,19)(H,20,21). The third-order valence-corrected chi connectivity index (χ3v) is 3.11. The third kappa shape index (κ3) is 6.37. The first-order valence-electron chi connectivity index (χ1n) is 6.84. The van der Waals surface area contributed by atoms with Crippen LogP contribution in [-0.2, 0) is 9.59 Å². The van der Waals surface area contributed by atoms with Crippen LogP contribution in [0.5, 0.6) is 0 Å². The number of nitrogens with one attached hydrogen (secondary N) is 2. The van der Waals surface area contributed by atoms with Crippen molar-refractivity contribution in [2.24, 2.45) is 0 Å². The number of aliphatic hydroxyl groups is 1. The summed E-state index contributed by atoms with van der Waals surface area (Å²) in [5, 5.41) is 23.7. The van der Waals surface area contributed by atoms with Gasteiger partial charge in [-0.2, -0.15) is 0 Å². The van der Waals surface area contributed by atoms with Gasteiger partial charge in [-0.05, 0) is 37.9 Å². The van der Waals surface area contributed by atoms with Gasteiger partial charge in [-0.15, -0.1) is 0 Å². The molecule has 0 aromatic heterocycles. The molecule has 1 aromatic rings. The van der Waals surface area contributed by atoms with Crippen LogP contribution in [0.1, 0.15) is 29.2 Å². The zero-order valence-corrected chi connectivity index (χ0v) is 12.3. The summed E-state index contributed by atoms with van der Waals surface area (Å²) >= 11 is 0. The molecule has 0 saturated carbocycles. The van der Waals surface area contributed by atoms with Gasteiger partial charge in [0.15, 0.2) is 0 Å². The Bertz CT molecular complexity index is 502. The number of carbonyl (C=O) groups excluding carboxylic acids is 1. The van der Waals surface area contributed by atoms with Crippen LogP contribution in [0.2, 0.25) is 0 Å². The lowest BCUT2D eigenvalue weighted by Crippen LogP contribution is -2.37. The highest BCUT2D eigenvalue weighted by atomic mass is 16.4. The van der Waals surface area contributed by atoms with Gasteiger partial charge >= 0.3 is 5.97 Å². The van der Waals surface area contributed by atoms with Crippen molar-refractivity contribution in [3.05, 3.63) is 34.9 Å². The molecule has 0 saturated heterocycles. The van der Waals surface area contributed by atoms with E-state index in [0.717, 1.165) is 16.7 Å². The van der Waals surface area contributed by atoms with Crippen molar-refractivity contribution in [3.63, 3.8) is 0 Å². The molecule has 6 nitrogen and oxygen atoms in total. The Morgan fingerprint density at radius 1 is 1.24 bits per heavy atom. The highest BCUT2D eigenvalue weighted by Gasteiger charge is 2.10. The molecule has 0 aliphatic heterocycles. The van der Waals surface area contributed by atoms with Gasteiger partial charge in [-0.3, -0.25) is 9.59 Å². The van der Waals surface area contributed by atoms with Gasteiger partial charge in [0.25, 0.3) is 0 Å². The minimum Gasteiger partial charge on any atom is -0.480 e. The topological polar surface area (TPSA) is 98.7 Å². The van der Waals surface area contributed by atoms with Gasteiger partial charge in [-0.1, -0.05) is 23.8 Å². The maximum atomic E-state index is 11.3. The highest BCUT2D eigenvalue weighted by molar-refractivity contribution is 5.82. The fourth-order valence-corrected chi connectivity index (χ4v) is 1.95. The summed E-state index contributed by atoms with van der Waals surface area (Å²) in [5.41, 5.74) is 3.02. The van der Waals surface area contributed by atoms with E-state index in [0.29, 0.717) is 13.0 Å². The van der Waals surface area contributed by atoms with Crippen molar-refractivity contribution in [1.29, 1.82) is 0 Å². The van der Waals surface area contributed by atoms with Crippen LogP contribution in [0, 0.1) is 13.8 Å². The van der Waals surface area contributed by atoms with Crippen molar-refractivity contribution >= 4 is 11.9 Å². The molecule has 1 atom stereocenters. The summed E-state index contributed by atoms with van der Waals surface area (Å²) in [4.78, 5) is 21.5. The molecule has 6 heteroatoms. The smallest absolute Gasteiger partial charge is 0.322 e. The maximum Gasteiger partial charge on any atom is 0.322 e. The number of aryl methyl sites for hydroxylation is 2. The molecule has 1 aromatic carbocycles. The second kappa shape index (κ2) is 8.39. The number of carbonyl (C=O) groups is 2. The number of rotatable bonds is 8. The molecule has 0 aliphatic rings. The molecule has 1 amide bonds. The number of carboxylic acids is 1. The lowest BCUT2D eigenvalue weighted by Gasteiger charge is -2.15. The number of amides is 1. The van der Waals surface area contributed by atoms with E-state index in [1.807, 2.05) is 32.0 Å². The largest absolute Gasteiger partial charge is 0.480 e. The predicted octanol–water partition coefficient (Wildman–Crippen LogP) is 0.517. The molecule has 116 valence electrons. The molecule has 0 spiro atoms. The van der Waals surface area contributed by atoms with Crippen LogP contribution < -0.4 is 10.6 Å². The van der Waals surface area contributed by atoms with Gasteiger partial charge in [0.2, 0.25) is 5.91 Å². The van der Waals surface area contributed by atoms with E-state index in [1.165, 1.54) is 0 Å². The van der Waals surface area contributed by atoms with Crippen molar-refractivity contribution in [1.82, 2.24) is 10.6 Å². The molecule has 0 radical (unpaired) electrons. The second-order valence-electron chi connectivity index (χ2n) is 5.01. The number of aliphatic hydroxyl groups excluding tert-OH is 1. The summed E-state index contributed by atoms with van der Waals surface area (Å²) in [5.74, 6) is -1.45. The van der Waals surface area contributed by atoms with Crippen LogP contribution in [0.3, 0.4) is 0 Å². The Kier molecular flexibility index (Phi) is 6.84. The normalized spacial score (nSPS) is 12.0. The van der Waals surface area contributed by atoms with Crippen molar-refractivity contribution < 1.29 is 19.8 Å². The lowest BCUT2D eigenvalue weighted by atomic mass is 9.99. The summed E-state index contributed by atoms with van der Waals surface area (Å²) < 4.78 is 0. The van der Waals surface area contributed by atoms with Crippen LogP contribution in [-0.4, -0.2) is 41.7 Å². The van der Waals surface area contributed by atoms with Crippen molar-refractivity contribution in [2.75, 3.05) is 19.6 Å². The van der Waals surface area contributed by atoms with Gasteiger partial charge in [0.05, 0.1) is 12.6 Å². The fraction of sp³-hybridized carbons (Fsp3) is 0.467. The van der Waals surface area contributed by atoms with Crippen LogP contribution in [0.4, 0.5) is 0 Å². The first kappa shape index (κ1) is 17.1. The van der Waals surface area contributed by atoms with E-state index in [2.05, 4.69) is 10.6 Å². The molecule has 21 heavy (non-hydrogen) atoms. The Morgan fingerprint density at radius 2 is 1.95 bits per heavy atom. The lowest BCUT2D eigenvalue weighted by molar-refractivity contribution is -0.137. The first-order valence-corrected chi connectivity index (χ1v) is 6.84. The fourth-order valence-electron chi connectivity index (χ4n) is 1.95. The monoisotopic (exact) mass is 294 g/mol. The minimum atomic E-state index is -1.08. The van der Waals surface area contributed by atoms with E-state index in [1.54, 1.807) is 0 Å². The second-order valence-corrected chi connectivity index (χ2v) is 5.01. The number of hydrogen-bond donors (Lipinski definition) is 4. The highest BCUT2D eigenvalue weighted by Crippen LogP contribution is 2.21. The van der Waals surface area contributed by atoms with Gasteiger partial charge in [0, 0.05) is 0 Å². The van der Waals surface area contributed by atoms with E-state index in [-0.39, 0.29) is 19.0 Å². The zero-order valence-electron chi connectivity index (χ0n) is 12.3. The average molecular weight is 294 g/mol. The zero-order chi connectivity index (χ0) is 15.8. The SMILES string of the molecule is Cc1ccc(C)c(C(O)CCNCC(=O)NCC(=O)O)c1. The number of aliphatic carboxylic acids is 1. The predicted molar refractivity (Wildman–Crippen MR) is 79.0 cm³/mol. The van der Waals surface area contributed by atoms with Gasteiger partial charge in [-0.25, -0.2) is 0 Å². The molecular formula is C15H22N2O4. The molecule has 0 aliphatic carbocycles. The molecule has 0 heterocycles. The first-order chi connectivity index (χ1) is 9.90. The molecule has 1 rings (SSSR count). The Balaban J connectivity index is 2.30. The molecule has 0 fully saturated rings. The van der Waals surface area contributed by atoms with Crippen LogP contribution in [0.25, 0.3) is 0 Å². The van der Waals surface area contributed by atoms with E-state index < -0.39 is 12.1 Å². The quantitative estimate of drug-likeness (QED) is 0.524. The summed E-state index contributed by atoms with van der Waals surface area (Å²) in [6.07, 6.45) is -0.101.